The zero-order valence-electron chi connectivity index (χ0n) is 19.5. The average Bonchev–Trinajstić information content (AvgIpc) is 2.84. The molecule has 0 spiro atoms. The monoisotopic (exact) mass is 564 g/mol. The van der Waals surface area contributed by atoms with E-state index in [-0.39, 0.29) is 36.2 Å². The van der Waals surface area contributed by atoms with Gasteiger partial charge in [0.1, 0.15) is 11.9 Å². The molecule has 2 aliphatic rings. The first-order chi connectivity index (χ1) is 15.7. The van der Waals surface area contributed by atoms with Crippen molar-refractivity contribution in [1.82, 2.24) is 15.1 Å². The second-order valence-corrected chi connectivity index (χ2v) is 8.84. The van der Waals surface area contributed by atoms with Crippen LogP contribution < -0.4 is 10.1 Å². The van der Waals surface area contributed by atoms with Crippen molar-refractivity contribution in [2.45, 2.75) is 51.0 Å². The zero-order valence-corrected chi connectivity index (χ0v) is 21.9. The molecule has 0 aromatic heterocycles. The van der Waals surface area contributed by atoms with E-state index >= 15 is 0 Å². The normalized spacial score (nSPS) is 18.6. The first kappa shape index (κ1) is 25.8. The van der Waals surface area contributed by atoms with Gasteiger partial charge in [0.25, 0.3) is 0 Å². The summed E-state index contributed by atoms with van der Waals surface area (Å²) in [5.74, 6) is 1.91. The molecule has 6 nitrogen and oxygen atoms in total. The van der Waals surface area contributed by atoms with Gasteiger partial charge in [-0.2, -0.15) is 0 Å². The lowest BCUT2D eigenvalue weighted by Crippen LogP contribution is -2.47. The number of guanidine groups is 1. The Hall–Kier alpha value is -1.84. The van der Waals surface area contributed by atoms with E-state index in [9.17, 15) is 5.11 Å². The third-order valence-electron chi connectivity index (χ3n) is 6.44. The maximum absolute atomic E-state index is 9.67. The lowest BCUT2D eigenvalue weighted by Gasteiger charge is -2.34. The van der Waals surface area contributed by atoms with Gasteiger partial charge >= 0.3 is 0 Å². The number of aliphatic hydroxyl groups excluding tert-OH is 1. The van der Waals surface area contributed by atoms with Crippen molar-refractivity contribution in [2.24, 2.45) is 4.99 Å². The Labute approximate surface area is 215 Å². The molecule has 2 fully saturated rings. The Bertz CT molecular complexity index is 846. The quantitative estimate of drug-likeness (QED) is 0.317. The van der Waals surface area contributed by atoms with E-state index in [4.69, 9.17) is 4.74 Å². The van der Waals surface area contributed by atoms with Crippen molar-refractivity contribution in [3.8, 4) is 5.75 Å². The first-order valence-electron chi connectivity index (χ1n) is 11.8. The smallest absolute Gasteiger partial charge is 0.193 e. The Balaban J connectivity index is 0.00000306. The van der Waals surface area contributed by atoms with Crippen LogP contribution >= 0.6 is 24.0 Å². The fraction of sp³-hybridized carbons (Fsp3) is 0.500. The van der Waals surface area contributed by atoms with E-state index in [1.165, 1.54) is 11.1 Å². The van der Waals surface area contributed by atoms with Crippen molar-refractivity contribution in [2.75, 3.05) is 33.2 Å². The highest BCUT2D eigenvalue weighted by atomic mass is 127. The SMILES string of the molecule is CN=C(NCc1ccc(CN2CCC(O)CC2)cc1)N1CCC(Oc2ccccc2)CC1.I. The molecule has 180 valence electrons. The fourth-order valence-corrected chi connectivity index (χ4v) is 4.49. The molecule has 7 heteroatoms. The molecule has 2 aliphatic heterocycles. The van der Waals surface area contributed by atoms with Crippen LogP contribution in [0.25, 0.3) is 0 Å². The summed E-state index contributed by atoms with van der Waals surface area (Å²) in [5, 5.41) is 13.2. The van der Waals surface area contributed by atoms with E-state index in [1.807, 2.05) is 37.4 Å². The van der Waals surface area contributed by atoms with Crippen LogP contribution in [0.3, 0.4) is 0 Å². The lowest BCUT2D eigenvalue weighted by atomic mass is 10.1. The minimum Gasteiger partial charge on any atom is -0.490 e. The van der Waals surface area contributed by atoms with Crippen LogP contribution in [0.5, 0.6) is 5.75 Å². The number of hydrogen-bond acceptors (Lipinski definition) is 4. The van der Waals surface area contributed by atoms with Gasteiger partial charge in [-0.1, -0.05) is 42.5 Å². The number of hydrogen-bond donors (Lipinski definition) is 2. The Morgan fingerprint density at radius 3 is 2.21 bits per heavy atom. The minimum absolute atomic E-state index is 0. The molecule has 0 radical (unpaired) electrons. The second kappa shape index (κ2) is 13.2. The molecule has 2 aromatic carbocycles. The Morgan fingerprint density at radius 2 is 1.58 bits per heavy atom. The van der Waals surface area contributed by atoms with Crippen LogP contribution in [-0.2, 0) is 13.1 Å². The van der Waals surface area contributed by atoms with E-state index in [2.05, 4.69) is 44.4 Å². The molecule has 0 aliphatic carbocycles. The van der Waals surface area contributed by atoms with E-state index < -0.39 is 0 Å². The van der Waals surface area contributed by atoms with E-state index in [0.29, 0.717) is 0 Å². The standard InChI is InChI=1S/C26H36N4O2.HI/c1-27-26(30-17-13-25(14-18-30)32-24-5-3-2-4-6-24)28-19-21-7-9-22(10-8-21)20-29-15-11-23(31)12-16-29;/h2-10,23,25,31H,11-20H2,1H3,(H,27,28);1H. The fourth-order valence-electron chi connectivity index (χ4n) is 4.49. The third kappa shape index (κ3) is 7.86. The molecule has 4 rings (SSSR count). The number of benzene rings is 2. The number of ether oxygens (including phenoxy) is 1. The summed E-state index contributed by atoms with van der Waals surface area (Å²) in [4.78, 5) is 9.25. The van der Waals surface area contributed by atoms with Crippen molar-refractivity contribution in [3.63, 3.8) is 0 Å². The molecule has 2 heterocycles. The van der Waals surface area contributed by atoms with Crippen LogP contribution in [0.4, 0.5) is 0 Å². The summed E-state index contributed by atoms with van der Waals surface area (Å²) in [6.07, 6.45) is 3.92. The number of piperidine rings is 2. The van der Waals surface area contributed by atoms with Gasteiger partial charge in [0.2, 0.25) is 0 Å². The summed E-state index contributed by atoms with van der Waals surface area (Å²) < 4.78 is 6.11. The van der Waals surface area contributed by atoms with Crippen molar-refractivity contribution < 1.29 is 9.84 Å². The maximum atomic E-state index is 9.67. The van der Waals surface area contributed by atoms with Gasteiger partial charge in [-0.05, 0) is 36.1 Å². The van der Waals surface area contributed by atoms with E-state index in [1.54, 1.807) is 0 Å². The summed E-state index contributed by atoms with van der Waals surface area (Å²) in [5.41, 5.74) is 2.58. The van der Waals surface area contributed by atoms with Crippen molar-refractivity contribution >= 4 is 29.9 Å². The van der Waals surface area contributed by atoms with Gasteiger partial charge in [-0.3, -0.25) is 9.89 Å². The highest BCUT2D eigenvalue weighted by Crippen LogP contribution is 2.19. The molecular weight excluding hydrogens is 527 g/mol. The van der Waals surface area contributed by atoms with E-state index in [0.717, 1.165) is 76.7 Å². The summed E-state index contributed by atoms with van der Waals surface area (Å²) >= 11 is 0. The number of nitrogens with one attached hydrogen (secondary N) is 1. The highest BCUT2D eigenvalue weighted by Gasteiger charge is 2.22. The minimum atomic E-state index is -0.115. The molecular formula is C26H37IN4O2. The number of rotatable bonds is 6. The topological polar surface area (TPSA) is 60.3 Å². The number of aliphatic hydroxyl groups is 1. The molecule has 0 atom stereocenters. The largest absolute Gasteiger partial charge is 0.490 e. The van der Waals surface area contributed by atoms with Gasteiger partial charge in [0.05, 0.1) is 6.10 Å². The van der Waals surface area contributed by atoms with Crippen molar-refractivity contribution in [1.29, 1.82) is 0 Å². The van der Waals surface area contributed by atoms with Crippen LogP contribution in [0.2, 0.25) is 0 Å². The van der Waals surface area contributed by atoms with Gasteiger partial charge in [0.15, 0.2) is 5.96 Å². The molecule has 0 bridgehead atoms. The molecule has 2 saturated heterocycles. The summed E-state index contributed by atoms with van der Waals surface area (Å²) in [7, 11) is 1.85. The number of nitrogens with zero attached hydrogens (tertiary/aromatic N) is 3. The average molecular weight is 565 g/mol. The van der Waals surface area contributed by atoms with Gasteiger partial charge in [-0.15, -0.1) is 24.0 Å². The molecule has 0 amide bonds. The maximum Gasteiger partial charge on any atom is 0.193 e. The number of para-hydroxylation sites is 1. The molecule has 2 N–H and O–H groups in total. The summed E-state index contributed by atoms with van der Waals surface area (Å²) in [6.45, 7) is 5.58. The Kier molecular flexibility index (Phi) is 10.3. The van der Waals surface area contributed by atoms with Crippen LogP contribution in [-0.4, -0.2) is 66.3 Å². The lowest BCUT2D eigenvalue weighted by molar-refractivity contribution is 0.0792. The molecule has 33 heavy (non-hydrogen) atoms. The third-order valence-corrected chi connectivity index (χ3v) is 6.44. The van der Waals surface area contributed by atoms with Gasteiger partial charge in [0, 0.05) is 59.2 Å². The van der Waals surface area contributed by atoms with Crippen LogP contribution in [0.1, 0.15) is 36.8 Å². The van der Waals surface area contributed by atoms with Crippen molar-refractivity contribution in [3.05, 3.63) is 65.7 Å². The zero-order chi connectivity index (χ0) is 22.2. The molecule has 0 unspecified atom stereocenters. The predicted octanol–water partition coefficient (Wildman–Crippen LogP) is 3.88. The number of likely N-dealkylation sites (tertiary alicyclic amines) is 2. The number of aliphatic imine (C=N–C) groups is 1. The highest BCUT2D eigenvalue weighted by molar-refractivity contribution is 14.0. The van der Waals surface area contributed by atoms with Crippen LogP contribution in [0, 0.1) is 0 Å². The second-order valence-electron chi connectivity index (χ2n) is 8.84. The molecule has 0 saturated carbocycles. The Morgan fingerprint density at radius 1 is 0.939 bits per heavy atom. The first-order valence-corrected chi connectivity index (χ1v) is 11.8. The predicted molar refractivity (Wildman–Crippen MR) is 144 cm³/mol. The molecule has 2 aromatic rings. The van der Waals surface area contributed by atoms with Crippen LogP contribution in [0.15, 0.2) is 59.6 Å². The number of halogens is 1. The summed E-state index contributed by atoms with van der Waals surface area (Å²) in [6, 6.07) is 18.9. The van der Waals surface area contributed by atoms with Gasteiger partial charge in [-0.25, -0.2) is 0 Å². The van der Waals surface area contributed by atoms with Gasteiger partial charge < -0.3 is 20.1 Å².